The molecular formula is C10H12ClNO2. The molecule has 2 N–H and O–H groups in total. The van der Waals surface area contributed by atoms with Gasteiger partial charge in [-0.25, -0.2) is 0 Å². The number of carbonyl (C=O) groups is 1. The Labute approximate surface area is 87.7 Å². The van der Waals surface area contributed by atoms with Crippen molar-refractivity contribution in [2.75, 3.05) is 6.54 Å². The lowest BCUT2D eigenvalue weighted by Gasteiger charge is -2.05. The van der Waals surface area contributed by atoms with Gasteiger partial charge in [0.25, 0.3) is 0 Å². The van der Waals surface area contributed by atoms with E-state index in [9.17, 15) is 4.79 Å². The Morgan fingerprint density at radius 2 is 2.29 bits per heavy atom. The van der Waals surface area contributed by atoms with Gasteiger partial charge in [-0.1, -0.05) is 23.7 Å². The van der Waals surface area contributed by atoms with Crippen molar-refractivity contribution in [3.05, 3.63) is 34.3 Å². The molecule has 0 atom stereocenters. The minimum Gasteiger partial charge on any atom is -0.480 e. The van der Waals surface area contributed by atoms with Gasteiger partial charge in [-0.05, 0) is 24.1 Å². The van der Waals surface area contributed by atoms with Gasteiger partial charge in [0, 0.05) is 11.6 Å². The van der Waals surface area contributed by atoms with E-state index in [1.54, 1.807) is 0 Å². The molecule has 0 aliphatic carbocycles. The number of halogens is 1. The summed E-state index contributed by atoms with van der Waals surface area (Å²) in [7, 11) is 0. The van der Waals surface area contributed by atoms with Crippen LogP contribution in [0, 0.1) is 6.92 Å². The summed E-state index contributed by atoms with van der Waals surface area (Å²) < 4.78 is 0. The van der Waals surface area contributed by atoms with Crippen LogP contribution in [0.2, 0.25) is 5.02 Å². The number of benzene rings is 1. The van der Waals surface area contributed by atoms with Crippen LogP contribution < -0.4 is 5.32 Å². The number of aliphatic carboxylic acids is 1. The summed E-state index contributed by atoms with van der Waals surface area (Å²) in [5.74, 6) is -0.867. The molecule has 0 bridgehead atoms. The fraction of sp³-hybridized carbons (Fsp3) is 0.300. The number of nitrogens with one attached hydrogen (secondary N) is 1. The summed E-state index contributed by atoms with van der Waals surface area (Å²) in [6, 6.07) is 5.70. The molecule has 0 radical (unpaired) electrons. The third-order valence-corrected chi connectivity index (χ3v) is 2.15. The third kappa shape index (κ3) is 3.36. The van der Waals surface area contributed by atoms with Crippen LogP contribution in [0.5, 0.6) is 0 Å². The van der Waals surface area contributed by atoms with Gasteiger partial charge in [0.2, 0.25) is 0 Å². The molecule has 0 saturated heterocycles. The fourth-order valence-corrected chi connectivity index (χ4v) is 1.40. The molecule has 4 heteroatoms. The summed E-state index contributed by atoms with van der Waals surface area (Å²) in [6.45, 7) is 2.38. The molecule has 0 aliphatic rings. The first-order valence-electron chi connectivity index (χ1n) is 4.27. The van der Waals surface area contributed by atoms with Crippen molar-refractivity contribution in [1.29, 1.82) is 0 Å². The Morgan fingerprint density at radius 1 is 1.57 bits per heavy atom. The van der Waals surface area contributed by atoms with Crippen LogP contribution >= 0.6 is 11.6 Å². The number of hydrogen-bond donors (Lipinski definition) is 2. The SMILES string of the molecule is Cc1ccc(CNCC(=O)O)c(Cl)c1. The summed E-state index contributed by atoms with van der Waals surface area (Å²) in [4.78, 5) is 10.2. The van der Waals surface area contributed by atoms with Gasteiger partial charge >= 0.3 is 5.97 Å². The Bertz CT molecular complexity index is 339. The second kappa shape index (κ2) is 4.98. The van der Waals surface area contributed by atoms with Crippen molar-refractivity contribution >= 4 is 17.6 Å². The van der Waals surface area contributed by atoms with Crippen molar-refractivity contribution < 1.29 is 9.90 Å². The number of hydrogen-bond acceptors (Lipinski definition) is 2. The van der Waals surface area contributed by atoms with E-state index in [0.717, 1.165) is 11.1 Å². The van der Waals surface area contributed by atoms with Crippen molar-refractivity contribution in [3.8, 4) is 0 Å². The first-order chi connectivity index (χ1) is 6.59. The van der Waals surface area contributed by atoms with Crippen LogP contribution in [0.1, 0.15) is 11.1 Å². The summed E-state index contributed by atoms with van der Waals surface area (Å²) in [5.41, 5.74) is 2.01. The highest BCUT2D eigenvalue weighted by molar-refractivity contribution is 6.31. The topological polar surface area (TPSA) is 49.3 Å². The second-order valence-corrected chi connectivity index (χ2v) is 3.50. The third-order valence-electron chi connectivity index (χ3n) is 1.80. The highest BCUT2D eigenvalue weighted by Crippen LogP contribution is 2.16. The van der Waals surface area contributed by atoms with Gasteiger partial charge in [-0.2, -0.15) is 0 Å². The molecular weight excluding hydrogens is 202 g/mol. The average Bonchev–Trinajstić information content (AvgIpc) is 2.08. The monoisotopic (exact) mass is 213 g/mol. The van der Waals surface area contributed by atoms with Gasteiger partial charge in [-0.3, -0.25) is 4.79 Å². The van der Waals surface area contributed by atoms with Gasteiger partial charge in [0.1, 0.15) is 0 Å². The average molecular weight is 214 g/mol. The van der Waals surface area contributed by atoms with E-state index >= 15 is 0 Å². The molecule has 1 aromatic carbocycles. The molecule has 0 amide bonds. The Hall–Kier alpha value is -1.06. The Kier molecular flexibility index (Phi) is 3.92. The second-order valence-electron chi connectivity index (χ2n) is 3.09. The molecule has 0 heterocycles. The normalized spacial score (nSPS) is 10.1. The lowest BCUT2D eigenvalue weighted by atomic mass is 10.1. The van der Waals surface area contributed by atoms with E-state index in [1.807, 2.05) is 25.1 Å². The van der Waals surface area contributed by atoms with E-state index in [1.165, 1.54) is 0 Å². The van der Waals surface area contributed by atoms with E-state index < -0.39 is 5.97 Å². The lowest BCUT2D eigenvalue weighted by Crippen LogP contribution is -2.21. The Morgan fingerprint density at radius 3 is 2.86 bits per heavy atom. The molecule has 1 aromatic rings. The van der Waals surface area contributed by atoms with Crippen LogP contribution in [0.3, 0.4) is 0 Å². The largest absolute Gasteiger partial charge is 0.480 e. The number of aryl methyl sites for hydroxylation is 1. The molecule has 0 aliphatic heterocycles. The predicted molar refractivity (Wildman–Crippen MR) is 55.5 cm³/mol. The smallest absolute Gasteiger partial charge is 0.317 e. The van der Waals surface area contributed by atoms with Gasteiger partial charge < -0.3 is 10.4 Å². The van der Waals surface area contributed by atoms with Crippen LogP contribution in [-0.2, 0) is 11.3 Å². The highest BCUT2D eigenvalue weighted by Gasteiger charge is 2.01. The van der Waals surface area contributed by atoms with Crippen LogP contribution in [0.4, 0.5) is 0 Å². The van der Waals surface area contributed by atoms with Crippen LogP contribution in [0.25, 0.3) is 0 Å². The maximum absolute atomic E-state index is 10.2. The molecule has 0 saturated carbocycles. The zero-order valence-electron chi connectivity index (χ0n) is 7.88. The minimum absolute atomic E-state index is 0.0514. The standard InChI is InChI=1S/C10H12ClNO2/c1-7-2-3-8(9(11)4-7)5-12-6-10(13)14/h2-4,12H,5-6H2,1H3,(H,13,14). The number of rotatable bonds is 4. The molecule has 0 aromatic heterocycles. The van der Waals surface area contributed by atoms with Gasteiger partial charge in [-0.15, -0.1) is 0 Å². The summed E-state index contributed by atoms with van der Waals surface area (Å²) >= 11 is 5.96. The number of carboxylic acids is 1. The zero-order valence-corrected chi connectivity index (χ0v) is 8.64. The molecule has 3 nitrogen and oxygen atoms in total. The van der Waals surface area contributed by atoms with E-state index in [4.69, 9.17) is 16.7 Å². The first kappa shape index (κ1) is 11.0. The summed E-state index contributed by atoms with van der Waals surface area (Å²) in [5, 5.41) is 11.9. The van der Waals surface area contributed by atoms with Gasteiger partial charge in [0.05, 0.1) is 6.54 Å². The van der Waals surface area contributed by atoms with E-state index in [2.05, 4.69) is 5.32 Å². The quantitative estimate of drug-likeness (QED) is 0.802. The first-order valence-corrected chi connectivity index (χ1v) is 4.65. The van der Waals surface area contributed by atoms with Gasteiger partial charge in [0.15, 0.2) is 0 Å². The molecule has 0 unspecified atom stereocenters. The van der Waals surface area contributed by atoms with E-state index in [-0.39, 0.29) is 6.54 Å². The molecule has 76 valence electrons. The zero-order chi connectivity index (χ0) is 10.6. The predicted octanol–water partition coefficient (Wildman–Crippen LogP) is 1.82. The minimum atomic E-state index is -0.867. The van der Waals surface area contributed by atoms with Crippen molar-refractivity contribution in [3.63, 3.8) is 0 Å². The number of carboxylic acid groups (broad SMARTS) is 1. The lowest BCUT2D eigenvalue weighted by molar-refractivity contribution is -0.135. The van der Waals surface area contributed by atoms with E-state index in [0.29, 0.717) is 11.6 Å². The van der Waals surface area contributed by atoms with Crippen molar-refractivity contribution in [1.82, 2.24) is 5.32 Å². The van der Waals surface area contributed by atoms with Crippen molar-refractivity contribution in [2.24, 2.45) is 0 Å². The molecule has 14 heavy (non-hydrogen) atoms. The molecule has 0 spiro atoms. The Balaban J connectivity index is 2.55. The maximum atomic E-state index is 10.2. The summed E-state index contributed by atoms with van der Waals surface area (Å²) in [6.07, 6.45) is 0. The van der Waals surface area contributed by atoms with Crippen molar-refractivity contribution in [2.45, 2.75) is 13.5 Å². The molecule has 0 fully saturated rings. The maximum Gasteiger partial charge on any atom is 0.317 e. The fourth-order valence-electron chi connectivity index (χ4n) is 1.10. The van der Waals surface area contributed by atoms with Crippen LogP contribution in [-0.4, -0.2) is 17.6 Å². The van der Waals surface area contributed by atoms with Crippen LogP contribution in [0.15, 0.2) is 18.2 Å². The molecule has 1 rings (SSSR count). The highest BCUT2D eigenvalue weighted by atomic mass is 35.5.